The third kappa shape index (κ3) is 4.18. The minimum atomic E-state index is -0.301. The Morgan fingerprint density at radius 1 is 1.50 bits per heavy atom. The summed E-state index contributed by atoms with van der Waals surface area (Å²) in [6.07, 6.45) is 2.14. The molecule has 5 nitrogen and oxygen atoms in total. The van der Waals surface area contributed by atoms with E-state index in [1.54, 1.807) is 25.8 Å². The van der Waals surface area contributed by atoms with Crippen molar-refractivity contribution in [1.82, 2.24) is 10.2 Å². The van der Waals surface area contributed by atoms with Gasteiger partial charge in [0.2, 0.25) is 5.91 Å². The quantitative estimate of drug-likeness (QED) is 0.657. The molecule has 0 saturated heterocycles. The van der Waals surface area contributed by atoms with Gasteiger partial charge in [-0.3, -0.25) is 14.5 Å². The Hall–Kier alpha value is -1.10. The molecule has 92 valence electrons. The zero-order valence-corrected chi connectivity index (χ0v) is 10.2. The Labute approximate surface area is 96.1 Å². The maximum atomic E-state index is 11.7. The van der Waals surface area contributed by atoms with E-state index >= 15 is 0 Å². The number of nitrogens with one attached hydrogen (secondary N) is 1. The number of carbonyl (C=O) groups excluding carboxylic acids is 2. The molecule has 0 radical (unpaired) electrons. The van der Waals surface area contributed by atoms with Crippen LogP contribution in [0, 0.1) is 0 Å². The van der Waals surface area contributed by atoms with Crippen molar-refractivity contribution in [2.45, 2.75) is 38.8 Å². The van der Waals surface area contributed by atoms with E-state index in [1.165, 1.54) is 0 Å². The van der Waals surface area contributed by atoms with Crippen LogP contribution in [0.1, 0.15) is 26.7 Å². The molecule has 1 fully saturated rings. The first kappa shape index (κ1) is 13.0. The molecule has 1 rings (SSSR count). The van der Waals surface area contributed by atoms with Crippen LogP contribution in [0.2, 0.25) is 0 Å². The topological polar surface area (TPSA) is 58.6 Å². The van der Waals surface area contributed by atoms with E-state index in [2.05, 4.69) is 5.32 Å². The predicted octanol–water partition coefficient (Wildman–Crippen LogP) is 0.148. The summed E-state index contributed by atoms with van der Waals surface area (Å²) < 4.78 is 4.82. The summed E-state index contributed by atoms with van der Waals surface area (Å²) >= 11 is 0. The lowest BCUT2D eigenvalue weighted by Crippen LogP contribution is -2.45. The van der Waals surface area contributed by atoms with Crippen molar-refractivity contribution < 1.29 is 14.3 Å². The highest BCUT2D eigenvalue weighted by atomic mass is 16.5. The number of hydrogen-bond donors (Lipinski definition) is 1. The number of hydrogen-bond acceptors (Lipinski definition) is 4. The van der Waals surface area contributed by atoms with Gasteiger partial charge in [-0.1, -0.05) is 0 Å². The SMILES string of the molecule is CCOC(=O)CN(C)C(C)C(=O)NC1CC1. The summed E-state index contributed by atoms with van der Waals surface area (Å²) in [5.74, 6) is -0.314. The fourth-order valence-corrected chi connectivity index (χ4v) is 1.30. The maximum Gasteiger partial charge on any atom is 0.320 e. The molecular weight excluding hydrogens is 208 g/mol. The van der Waals surface area contributed by atoms with Crippen molar-refractivity contribution in [3.05, 3.63) is 0 Å². The molecule has 0 aromatic heterocycles. The van der Waals surface area contributed by atoms with Crippen molar-refractivity contribution in [3.63, 3.8) is 0 Å². The van der Waals surface area contributed by atoms with Crippen molar-refractivity contribution in [3.8, 4) is 0 Å². The average molecular weight is 228 g/mol. The molecule has 0 spiro atoms. The molecule has 0 bridgehead atoms. The second-order valence-electron chi connectivity index (χ2n) is 4.18. The van der Waals surface area contributed by atoms with Gasteiger partial charge in [-0.15, -0.1) is 0 Å². The van der Waals surface area contributed by atoms with Gasteiger partial charge in [-0.2, -0.15) is 0 Å². The molecule has 0 aromatic rings. The Morgan fingerprint density at radius 2 is 2.12 bits per heavy atom. The van der Waals surface area contributed by atoms with E-state index < -0.39 is 0 Å². The molecule has 1 unspecified atom stereocenters. The summed E-state index contributed by atoms with van der Waals surface area (Å²) in [4.78, 5) is 24.6. The normalized spacial score (nSPS) is 17.0. The molecular formula is C11H20N2O3. The highest BCUT2D eigenvalue weighted by molar-refractivity contribution is 5.82. The van der Waals surface area contributed by atoms with Crippen LogP contribution < -0.4 is 5.32 Å². The standard InChI is InChI=1S/C11H20N2O3/c1-4-16-10(14)7-13(3)8(2)11(15)12-9-5-6-9/h8-9H,4-7H2,1-3H3,(H,12,15). The summed E-state index contributed by atoms with van der Waals surface area (Å²) in [6, 6.07) is 0.0518. The Balaban J connectivity index is 2.30. The summed E-state index contributed by atoms with van der Waals surface area (Å²) in [7, 11) is 1.74. The van der Waals surface area contributed by atoms with Gasteiger partial charge in [0.05, 0.1) is 19.2 Å². The summed E-state index contributed by atoms with van der Waals surface area (Å²) in [5.41, 5.74) is 0. The second-order valence-corrected chi connectivity index (χ2v) is 4.18. The second kappa shape index (κ2) is 5.84. The molecule has 1 saturated carbocycles. The van der Waals surface area contributed by atoms with Crippen LogP contribution >= 0.6 is 0 Å². The first-order valence-electron chi connectivity index (χ1n) is 5.70. The first-order valence-corrected chi connectivity index (χ1v) is 5.70. The molecule has 1 amide bonds. The van der Waals surface area contributed by atoms with E-state index in [-0.39, 0.29) is 24.5 Å². The molecule has 16 heavy (non-hydrogen) atoms. The maximum absolute atomic E-state index is 11.7. The lowest BCUT2D eigenvalue weighted by atomic mass is 10.2. The third-order valence-corrected chi connectivity index (χ3v) is 2.65. The van der Waals surface area contributed by atoms with Gasteiger partial charge in [-0.25, -0.2) is 0 Å². The smallest absolute Gasteiger partial charge is 0.320 e. The van der Waals surface area contributed by atoms with Crippen molar-refractivity contribution in [2.75, 3.05) is 20.2 Å². The van der Waals surface area contributed by atoms with Crippen molar-refractivity contribution in [2.24, 2.45) is 0 Å². The zero-order valence-electron chi connectivity index (χ0n) is 10.2. The summed E-state index contributed by atoms with van der Waals surface area (Å²) in [6.45, 7) is 4.07. The molecule has 0 aromatic carbocycles. The predicted molar refractivity (Wildman–Crippen MR) is 59.9 cm³/mol. The highest BCUT2D eigenvalue weighted by Crippen LogP contribution is 2.18. The van der Waals surface area contributed by atoms with Gasteiger partial charge in [0.25, 0.3) is 0 Å². The van der Waals surface area contributed by atoms with Crippen LogP contribution in [0.3, 0.4) is 0 Å². The molecule has 1 N–H and O–H groups in total. The molecule has 1 atom stereocenters. The molecule has 5 heteroatoms. The van der Waals surface area contributed by atoms with Gasteiger partial charge in [0, 0.05) is 6.04 Å². The van der Waals surface area contributed by atoms with Crippen LogP contribution in [0.5, 0.6) is 0 Å². The van der Waals surface area contributed by atoms with Gasteiger partial charge < -0.3 is 10.1 Å². The lowest BCUT2D eigenvalue weighted by Gasteiger charge is -2.22. The monoisotopic (exact) mass is 228 g/mol. The molecule has 1 aliphatic rings. The Morgan fingerprint density at radius 3 is 2.62 bits per heavy atom. The largest absolute Gasteiger partial charge is 0.465 e. The number of rotatable bonds is 6. The van der Waals surface area contributed by atoms with Crippen LogP contribution in [0.25, 0.3) is 0 Å². The molecule has 1 aliphatic carbocycles. The molecule has 0 heterocycles. The number of ether oxygens (including phenoxy) is 1. The number of amides is 1. The first-order chi connectivity index (χ1) is 7.54. The van der Waals surface area contributed by atoms with Crippen LogP contribution in [-0.4, -0.2) is 49.1 Å². The zero-order chi connectivity index (χ0) is 12.1. The minimum absolute atomic E-state index is 0.0192. The summed E-state index contributed by atoms with van der Waals surface area (Å²) in [5, 5.41) is 2.91. The average Bonchev–Trinajstić information content (AvgIpc) is 3.00. The van der Waals surface area contributed by atoms with Crippen LogP contribution in [-0.2, 0) is 14.3 Å². The fraction of sp³-hybridized carbons (Fsp3) is 0.818. The highest BCUT2D eigenvalue weighted by Gasteiger charge is 2.27. The van der Waals surface area contributed by atoms with Crippen molar-refractivity contribution in [1.29, 1.82) is 0 Å². The Kier molecular flexibility index (Phi) is 4.73. The Bertz CT molecular complexity index is 264. The number of nitrogens with zero attached hydrogens (tertiary/aromatic N) is 1. The van der Waals surface area contributed by atoms with Crippen LogP contribution in [0.4, 0.5) is 0 Å². The van der Waals surface area contributed by atoms with E-state index in [4.69, 9.17) is 4.74 Å². The number of esters is 1. The van der Waals surface area contributed by atoms with Gasteiger partial charge >= 0.3 is 5.97 Å². The minimum Gasteiger partial charge on any atom is -0.465 e. The van der Waals surface area contributed by atoms with E-state index in [0.717, 1.165) is 12.8 Å². The van der Waals surface area contributed by atoms with E-state index in [9.17, 15) is 9.59 Å². The number of carbonyl (C=O) groups is 2. The third-order valence-electron chi connectivity index (χ3n) is 2.65. The van der Waals surface area contributed by atoms with Gasteiger partial charge in [-0.05, 0) is 33.7 Å². The van der Waals surface area contributed by atoms with E-state index in [1.807, 2.05) is 0 Å². The molecule has 0 aliphatic heterocycles. The van der Waals surface area contributed by atoms with Crippen molar-refractivity contribution >= 4 is 11.9 Å². The van der Waals surface area contributed by atoms with E-state index in [0.29, 0.717) is 12.6 Å². The van der Waals surface area contributed by atoms with Crippen LogP contribution in [0.15, 0.2) is 0 Å². The fourth-order valence-electron chi connectivity index (χ4n) is 1.30. The van der Waals surface area contributed by atoms with Gasteiger partial charge in [0.1, 0.15) is 0 Å². The van der Waals surface area contributed by atoms with Gasteiger partial charge in [0.15, 0.2) is 0 Å². The lowest BCUT2D eigenvalue weighted by molar-refractivity contribution is -0.145. The number of likely N-dealkylation sites (N-methyl/N-ethyl adjacent to an activating group) is 1.